The third-order valence-corrected chi connectivity index (χ3v) is 3.41. The van der Waals surface area contributed by atoms with Crippen LogP contribution in [0.25, 0.3) is 0 Å². The first-order chi connectivity index (χ1) is 9.71. The van der Waals surface area contributed by atoms with Crippen LogP contribution in [0.4, 0.5) is 13.2 Å². The Morgan fingerprint density at radius 2 is 1.76 bits per heavy atom. The van der Waals surface area contributed by atoms with Gasteiger partial charge in [-0.3, -0.25) is 4.79 Å². The van der Waals surface area contributed by atoms with Gasteiger partial charge in [0.2, 0.25) is 0 Å². The number of rotatable bonds is 4. The molecule has 1 aliphatic carbocycles. The van der Waals surface area contributed by atoms with Crippen molar-refractivity contribution in [3.63, 3.8) is 0 Å². The van der Waals surface area contributed by atoms with Gasteiger partial charge in [-0.25, -0.2) is 4.79 Å². The van der Waals surface area contributed by atoms with Gasteiger partial charge in [0.15, 0.2) is 0 Å². The Bertz CT molecular complexity index is 550. The Labute approximate surface area is 119 Å². The molecule has 4 nitrogen and oxygen atoms in total. The summed E-state index contributed by atoms with van der Waals surface area (Å²) in [7, 11) is 0. The minimum Gasteiger partial charge on any atom is -0.480 e. The van der Waals surface area contributed by atoms with E-state index in [1.807, 2.05) is 0 Å². The summed E-state index contributed by atoms with van der Waals surface area (Å²) in [6.07, 6.45) is -3.04. The number of carboxylic acid groups (broad SMARTS) is 1. The summed E-state index contributed by atoms with van der Waals surface area (Å²) in [5.41, 5.74) is -0.786. The number of carbonyl (C=O) groups excluding carboxylic acids is 1. The summed E-state index contributed by atoms with van der Waals surface area (Å²) in [6.45, 7) is 1.39. The molecule has 1 amide bonds. The van der Waals surface area contributed by atoms with Crippen LogP contribution in [0.15, 0.2) is 24.3 Å². The van der Waals surface area contributed by atoms with Gasteiger partial charge in [-0.1, -0.05) is 0 Å². The Balaban J connectivity index is 2.23. The summed E-state index contributed by atoms with van der Waals surface area (Å²) in [5, 5.41) is 9.03. The maximum absolute atomic E-state index is 12.5. The van der Waals surface area contributed by atoms with Crippen molar-refractivity contribution in [1.29, 1.82) is 0 Å². The average molecular weight is 301 g/mol. The predicted octanol–water partition coefficient (Wildman–Crippen LogP) is 2.78. The average Bonchev–Trinajstić information content (AvgIpc) is 3.22. The third kappa shape index (κ3) is 3.34. The van der Waals surface area contributed by atoms with Crippen molar-refractivity contribution in [3.05, 3.63) is 35.4 Å². The minimum absolute atomic E-state index is 0.0583. The quantitative estimate of drug-likeness (QED) is 0.930. The smallest absolute Gasteiger partial charge is 0.416 e. The molecule has 0 aromatic heterocycles. The second-order valence-electron chi connectivity index (χ2n) is 5.03. The molecular formula is C14H14F3NO3. The number of amides is 1. The fourth-order valence-corrected chi connectivity index (χ4v) is 2.08. The van der Waals surface area contributed by atoms with Crippen molar-refractivity contribution < 1.29 is 27.9 Å². The molecular weight excluding hydrogens is 287 g/mol. The van der Waals surface area contributed by atoms with Gasteiger partial charge in [0.1, 0.15) is 6.04 Å². The SMILES string of the molecule is CC(C(=O)O)N(C(=O)c1ccc(C(F)(F)F)cc1)C1CC1. The number of carbonyl (C=O) groups is 2. The van der Waals surface area contributed by atoms with Crippen LogP contribution in [0.1, 0.15) is 35.7 Å². The minimum atomic E-state index is -4.47. The lowest BCUT2D eigenvalue weighted by Crippen LogP contribution is -2.44. The Hall–Kier alpha value is -2.05. The van der Waals surface area contributed by atoms with E-state index >= 15 is 0 Å². The third-order valence-electron chi connectivity index (χ3n) is 3.41. The van der Waals surface area contributed by atoms with E-state index in [4.69, 9.17) is 5.11 Å². The van der Waals surface area contributed by atoms with Crippen molar-refractivity contribution in [2.24, 2.45) is 0 Å². The van der Waals surface area contributed by atoms with Gasteiger partial charge in [0.25, 0.3) is 5.91 Å². The van der Waals surface area contributed by atoms with E-state index in [0.29, 0.717) is 12.8 Å². The van der Waals surface area contributed by atoms with Crippen LogP contribution in [0.3, 0.4) is 0 Å². The maximum Gasteiger partial charge on any atom is 0.416 e. The Morgan fingerprint density at radius 1 is 1.24 bits per heavy atom. The highest BCUT2D eigenvalue weighted by atomic mass is 19.4. The van der Waals surface area contributed by atoms with Gasteiger partial charge in [-0.2, -0.15) is 13.2 Å². The molecule has 0 spiro atoms. The van der Waals surface area contributed by atoms with Crippen LogP contribution in [0.5, 0.6) is 0 Å². The molecule has 2 rings (SSSR count). The molecule has 1 saturated carbocycles. The van der Waals surface area contributed by atoms with Gasteiger partial charge in [0, 0.05) is 11.6 Å². The number of hydrogen-bond acceptors (Lipinski definition) is 2. The van der Waals surface area contributed by atoms with Crippen LogP contribution in [0.2, 0.25) is 0 Å². The number of benzene rings is 1. The maximum atomic E-state index is 12.5. The Kier molecular flexibility index (Phi) is 3.93. The van der Waals surface area contributed by atoms with Crippen LogP contribution >= 0.6 is 0 Å². The highest BCUT2D eigenvalue weighted by molar-refractivity contribution is 5.97. The lowest BCUT2D eigenvalue weighted by atomic mass is 10.1. The molecule has 114 valence electrons. The van der Waals surface area contributed by atoms with Gasteiger partial charge < -0.3 is 10.0 Å². The molecule has 21 heavy (non-hydrogen) atoms. The molecule has 1 atom stereocenters. The predicted molar refractivity (Wildman–Crippen MR) is 67.7 cm³/mol. The van der Waals surface area contributed by atoms with Crippen molar-refractivity contribution in [2.75, 3.05) is 0 Å². The van der Waals surface area contributed by atoms with E-state index in [0.717, 1.165) is 24.3 Å². The van der Waals surface area contributed by atoms with Crippen LogP contribution < -0.4 is 0 Å². The molecule has 1 N–H and O–H groups in total. The van der Waals surface area contributed by atoms with E-state index in [-0.39, 0.29) is 11.6 Å². The van der Waals surface area contributed by atoms with E-state index in [1.165, 1.54) is 11.8 Å². The van der Waals surface area contributed by atoms with Crippen LogP contribution in [-0.4, -0.2) is 34.0 Å². The summed E-state index contributed by atoms with van der Waals surface area (Å²) in [4.78, 5) is 24.6. The highest BCUT2D eigenvalue weighted by Crippen LogP contribution is 2.32. The fraction of sp³-hybridized carbons (Fsp3) is 0.429. The Morgan fingerprint density at radius 3 is 2.14 bits per heavy atom. The number of nitrogens with zero attached hydrogens (tertiary/aromatic N) is 1. The normalized spacial score (nSPS) is 16.4. The first kappa shape index (κ1) is 15.3. The second-order valence-corrected chi connectivity index (χ2v) is 5.03. The van der Waals surface area contributed by atoms with Gasteiger partial charge >= 0.3 is 12.1 Å². The van der Waals surface area contributed by atoms with Crippen molar-refractivity contribution in [1.82, 2.24) is 4.90 Å². The van der Waals surface area contributed by atoms with E-state index in [2.05, 4.69) is 0 Å². The number of halogens is 3. The van der Waals surface area contributed by atoms with E-state index in [9.17, 15) is 22.8 Å². The van der Waals surface area contributed by atoms with Gasteiger partial charge in [-0.15, -0.1) is 0 Å². The number of hydrogen-bond donors (Lipinski definition) is 1. The monoisotopic (exact) mass is 301 g/mol. The standard InChI is InChI=1S/C14H14F3NO3/c1-8(13(20)21)18(11-6-7-11)12(19)9-2-4-10(5-3-9)14(15,16)17/h2-5,8,11H,6-7H2,1H3,(H,20,21). The molecule has 1 fully saturated rings. The summed E-state index contributed by atoms with van der Waals surface area (Å²) in [5.74, 6) is -1.69. The number of alkyl halides is 3. The summed E-state index contributed by atoms with van der Waals surface area (Å²) >= 11 is 0. The van der Waals surface area contributed by atoms with Gasteiger partial charge in [-0.05, 0) is 44.0 Å². The zero-order valence-electron chi connectivity index (χ0n) is 11.2. The van der Waals surface area contributed by atoms with Crippen LogP contribution in [0, 0.1) is 0 Å². The largest absolute Gasteiger partial charge is 0.480 e. The molecule has 1 aliphatic rings. The lowest BCUT2D eigenvalue weighted by molar-refractivity contribution is -0.142. The molecule has 1 aromatic carbocycles. The molecule has 1 unspecified atom stereocenters. The lowest BCUT2D eigenvalue weighted by Gasteiger charge is -2.26. The fourth-order valence-electron chi connectivity index (χ4n) is 2.08. The highest BCUT2D eigenvalue weighted by Gasteiger charge is 2.39. The molecule has 0 radical (unpaired) electrons. The molecule has 7 heteroatoms. The molecule has 0 heterocycles. The summed E-state index contributed by atoms with van der Waals surface area (Å²) < 4.78 is 37.4. The number of aliphatic carboxylic acids is 1. The molecule has 0 bridgehead atoms. The second kappa shape index (κ2) is 5.38. The van der Waals surface area contributed by atoms with Crippen molar-refractivity contribution >= 4 is 11.9 Å². The molecule has 0 aliphatic heterocycles. The number of carboxylic acids is 1. The zero-order chi connectivity index (χ0) is 15.8. The molecule has 1 aromatic rings. The van der Waals surface area contributed by atoms with Crippen LogP contribution in [-0.2, 0) is 11.0 Å². The zero-order valence-corrected chi connectivity index (χ0v) is 11.2. The first-order valence-corrected chi connectivity index (χ1v) is 6.44. The first-order valence-electron chi connectivity index (χ1n) is 6.44. The molecule has 0 saturated heterocycles. The van der Waals surface area contributed by atoms with E-state index in [1.54, 1.807) is 0 Å². The van der Waals surface area contributed by atoms with Gasteiger partial charge in [0.05, 0.1) is 5.56 Å². The topological polar surface area (TPSA) is 57.6 Å². The van der Waals surface area contributed by atoms with Crippen molar-refractivity contribution in [3.8, 4) is 0 Å². The summed E-state index contributed by atoms with van der Waals surface area (Å²) in [6, 6.07) is 2.65. The van der Waals surface area contributed by atoms with E-state index < -0.39 is 29.7 Å². The van der Waals surface area contributed by atoms with Crippen molar-refractivity contribution in [2.45, 2.75) is 38.0 Å².